The van der Waals surface area contributed by atoms with Crippen molar-refractivity contribution in [2.75, 3.05) is 0 Å². The van der Waals surface area contributed by atoms with Gasteiger partial charge in [0.1, 0.15) is 5.60 Å². The van der Waals surface area contributed by atoms with Crippen LogP contribution in [0.3, 0.4) is 0 Å². The summed E-state index contributed by atoms with van der Waals surface area (Å²) >= 11 is 0. The molecule has 1 aliphatic rings. The molecule has 0 aromatic heterocycles. The van der Waals surface area contributed by atoms with Crippen LogP contribution in [-0.2, 0) is 4.74 Å². The van der Waals surface area contributed by atoms with Gasteiger partial charge in [-0.25, -0.2) is 4.79 Å². The molecule has 3 nitrogen and oxygen atoms in total. The molecule has 0 aromatic carbocycles. The Kier molecular flexibility index (Phi) is 2.84. The van der Waals surface area contributed by atoms with Gasteiger partial charge in [-0.1, -0.05) is 6.92 Å². The van der Waals surface area contributed by atoms with Gasteiger partial charge in [-0.3, -0.25) is 0 Å². The Balaban J connectivity index is 2.19. The van der Waals surface area contributed by atoms with E-state index >= 15 is 0 Å². The predicted octanol–water partition coefficient (Wildman–Crippen LogP) is 2.12. The molecule has 1 radical (unpaired) electrons. The Labute approximate surface area is 79.8 Å². The maximum absolute atomic E-state index is 11.2. The van der Waals surface area contributed by atoms with E-state index in [1.54, 1.807) is 0 Å². The molecule has 0 saturated heterocycles. The second-order valence-electron chi connectivity index (χ2n) is 4.68. The SMILES string of the molecule is [CH2][C@H]1C[C@@H](NC(=O)OC(C)(C)C)C1. The second-order valence-corrected chi connectivity index (χ2v) is 4.68. The van der Waals surface area contributed by atoms with Crippen molar-refractivity contribution in [3.8, 4) is 0 Å². The van der Waals surface area contributed by atoms with E-state index in [1.807, 2.05) is 20.8 Å². The zero-order valence-corrected chi connectivity index (χ0v) is 8.59. The summed E-state index contributed by atoms with van der Waals surface area (Å²) in [5.74, 6) is 0.500. The molecule has 1 N–H and O–H groups in total. The molecule has 13 heavy (non-hydrogen) atoms. The second kappa shape index (κ2) is 3.56. The summed E-state index contributed by atoms with van der Waals surface area (Å²) in [5, 5.41) is 2.80. The van der Waals surface area contributed by atoms with Crippen LogP contribution in [0.5, 0.6) is 0 Å². The van der Waals surface area contributed by atoms with Crippen LogP contribution in [0.15, 0.2) is 0 Å². The van der Waals surface area contributed by atoms with E-state index in [4.69, 9.17) is 4.74 Å². The highest BCUT2D eigenvalue weighted by atomic mass is 16.6. The van der Waals surface area contributed by atoms with E-state index in [9.17, 15) is 4.79 Å². The molecule has 1 saturated carbocycles. The maximum Gasteiger partial charge on any atom is 0.407 e. The quantitative estimate of drug-likeness (QED) is 0.678. The van der Waals surface area contributed by atoms with E-state index in [1.165, 1.54) is 0 Å². The number of ether oxygens (including phenoxy) is 1. The molecule has 0 bridgehead atoms. The van der Waals surface area contributed by atoms with Crippen molar-refractivity contribution < 1.29 is 9.53 Å². The van der Waals surface area contributed by atoms with Gasteiger partial charge in [0, 0.05) is 6.04 Å². The van der Waals surface area contributed by atoms with E-state index in [0.29, 0.717) is 5.92 Å². The van der Waals surface area contributed by atoms with Gasteiger partial charge in [0.25, 0.3) is 0 Å². The lowest BCUT2D eigenvalue weighted by atomic mass is 9.82. The first-order chi connectivity index (χ1) is 5.87. The summed E-state index contributed by atoms with van der Waals surface area (Å²) in [6.45, 7) is 9.46. The van der Waals surface area contributed by atoms with Crippen molar-refractivity contribution in [3.63, 3.8) is 0 Å². The van der Waals surface area contributed by atoms with Gasteiger partial charge >= 0.3 is 6.09 Å². The fourth-order valence-electron chi connectivity index (χ4n) is 1.33. The van der Waals surface area contributed by atoms with E-state index in [2.05, 4.69) is 12.2 Å². The lowest BCUT2D eigenvalue weighted by Crippen LogP contribution is -2.45. The highest BCUT2D eigenvalue weighted by Gasteiger charge is 2.28. The van der Waals surface area contributed by atoms with Gasteiger partial charge in [-0.05, 0) is 39.5 Å². The number of carbonyl (C=O) groups is 1. The number of nitrogens with one attached hydrogen (secondary N) is 1. The molecule has 1 fully saturated rings. The molecule has 1 aliphatic carbocycles. The third-order valence-corrected chi connectivity index (χ3v) is 1.96. The van der Waals surface area contributed by atoms with E-state index < -0.39 is 5.60 Å². The third kappa shape index (κ3) is 3.66. The van der Waals surface area contributed by atoms with E-state index in [-0.39, 0.29) is 12.1 Å². The van der Waals surface area contributed by atoms with Gasteiger partial charge < -0.3 is 10.1 Å². The lowest BCUT2D eigenvalue weighted by molar-refractivity contribution is 0.0464. The summed E-state index contributed by atoms with van der Waals surface area (Å²) in [6.07, 6.45) is 1.63. The molecule has 0 aliphatic heterocycles. The minimum atomic E-state index is -0.405. The first-order valence-electron chi connectivity index (χ1n) is 4.69. The Hall–Kier alpha value is -0.730. The maximum atomic E-state index is 11.2. The number of hydrogen-bond donors (Lipinski definition) is 1. The van der Waals surface area contributed by atoms with Crippen molar-refractivity contribution in [2.24, 2.45) is 5.92 Å². The lowest BCUT2D eigenvalue weighted by Gasteiger charge is -2.33. The van der Waals surface area contributed by atoms with Gasteiger partial charge in [-0.2, -0.15) is 0 Å². The first-order valence-corrected chi connectivity index (χ1v) is 4.69. The molecule has 0 aromatic rings. The monoisotopic (exact) mass is 184 g/mol. The number of alkyl carbamates (subject to hydrolysis) is 1. The highest BCUT2D eigenvalue weighted by Crippen LogP contribution is 2.26. The molecule has 1 rings (SSSR count). The highest BCUT2D eigenvalue weighted by molar-refractivity contribution is 5.68. The predicted molar refractivity (Wildman–Crippen MR) is 51.2 cm³/mol. The van der Waals surface area contributed by atoms with Crippen LogP contribution < -0.4 is 5.32 Å². The molecule has 3 heteroatoms. The zero-order valence-electron chi connectivity index (χ0n) is 8.59. The fraction of sp³-hybridized carbons (Fsp3) is 0.800. The average Bonchev–Trinajstić information content (AvgIpc) is 1.79. The molecule has 1 amide bonds. The summed E-state index contributed by atoms with van der Waals surface area (Å²) in [5.41, 5.74) is -0.405. The largest absolute Gasteiger partial charge is 0.444 e. The standard InChI is InChI=1S/C10H18NO2/c1-7-5-8(6-7)11-9(12)13-10(2,3)4/h7-8H,1,5-6H2,2-4H3,(H,11,12)/t7-,8+. The van der Waals surface area contributed by atoms with Gasteiger partial charge in [0.2, 0.25) is 0 Å². The Morgan fingerprint density at radius 3 is 2.38 bits per heavy atom. The van der Waals surface area contributed by atoms with E-state index in [0.717, 1.165) is 12.8 Å². The Morgan fingerprint density at radius 2 is 2.00 bits per heavy atom. The van der Waals surface area contributed by atoms with Crippen molar-refractivity contribution in [1.82, 2.24) is 5.32 Å². The molecule has 0 unspecified atom stereocenters. The summed E-state index contributed by atoms with van der Waals surface area (Å²) in [6, 6.07) is 0.275. The number of amides is 1. The fourth-order valence-corrected chi connectivity index (χ4v) is 1.33. The van der Waals surface area contributed by atoms with Crippen molar-refractivity contribution >= 4 is 6.09 Å². The van der Waals surface area contributed by atoms with Crippen LogP contribution in [0.25, 0.3) is 0 Å². The molecule has 0 heterocycles. The number of hydrogen-bond acceptors (Lipinski definition) is 2. The molecule has 75 valence electrons. The van der Waals surface area contributed by atoms with Crippen molar-refractivity contribution in [3.05, 3.63) is 6.92 Å². The van der Waals surface area contributed by atoms with Gasteiger partial charge in [-0.15, -0.1) is 0 Å². The zero-order chi connectivity index (χ0) is 10.1. The van der Waals surface area contributed by atoms with Crippen LogP contribution >= 0.6 is 0 Å². The number of rotatable bonds is 1. The van der Waals surface area contributed by atoms with Crippen LogP contribution in [-0.4, -0.2) is 17.7 Å². The first kappa shape index (κ1) is 10.4. The topological polar surface area (TPSA) is 38.3 Å². The van der Waals surface area contributed by atoms with Gasteiger partial charge in [0.15, 0.2) is 0 Å². The van der Waals surface area contributed by atoms with Crippen LogP contribution in [0.4, 0.5) is 4.79 Å². The molecular formula is C10H18NO2. The summed E-state index contributed by atoms with van der Waals surface area (Å²) in [4.78, 5) is 11.2. The Bertz CT molecular complexity index is 190. The minimum absolute atomic E-state index is 0.275. The van der Waals surface area contributed by atoms with Gasteiger partial charge in [0.05, 0.1) is 0 Å². The third-order valence-electron chi connectivity index (χ3n) is 1.96. The smallest absolute Gasteiger partial charge is 0.407 e. The minimum Gasteiger partial charge on any atom is -0.444 e. The van der Waals surface area contributed by atoms with Crippen molar-refractivity contribution in [2.45, 2.75) is 45.3 Å². The average molecular weight is 184 g/mol. The van der Waals surface area contributed by atoms with Crippen LogP contribution in [0.1, 0.15) is 33.6 Å². The normalized spacial score (nSPS) is 27.7. The summed E-state index contributed by atoms with van der Waals surface area (Å²) in [7, 11) is 0. The molecule has 0 spiro atoms. The number of carbonyl (C=O) groups excluding carboxylic acids is 1. The van der Waals surface area contributed by atoms with Crippen molar-refractivity contribution in [1.29, 1.82) is 0 Å². The summed E-state index contributed by atoms with van der Waals surface area (Å²) < 4.78 is 5.11. The molecule has 0 atom stereocenters. The molecular weight excluding hydrogens is 166 g/mol. The Morgan fingerprint density at radius 1 is 1.46 bits per heavy atom. The van der Waals surface area contributed by atoms with Crippen LogP contribution in [0, 0.1) is 12.8 Å². The van der Waals surface area contributed by atoms with Crippen LogP contribution in [0.2, 0.25) is 0 Å².